The third-order valence-electron chi connectivity index (χ3n) is 4.22. The summed E-state index contributed by atoms with van der Waals surface area (Å²) in [4.78, 5) is 23.0. The molecule has 8 N–H and O–H groups in total. The molecule has 2 atom stereocenters. The highest BCUT2D eigenvalue weighted by Gasteiger charge is 2.57. The smallest absolute Gasteiger partial charge is 0.307 e. The lowest BCUT2D eigenvalue weighted by Crippen LogP contribution is -2.43. The Hall–Kier alpha value is -2.78. The minimum absolute atomic E-state index is 0.000977. The number of nitrogens with zero attached hydrogens (tertiary/aromatic N) is 2. The Morgan fingerprint density at radius 3 is 1.09 bits per heavy atom. The second-order valence-corrected chi connectivity index (χ2v) is 12.9. The molecule has 2 unspecified atom stereocenters. The monoisotopic (exact) mass is 564 g/mol. The predicted molar refractivity (Wildman–Crippen MR) is 114 cm³/mol. The summed E-state index contributed by atoms with van der Waals surface area (Å²) in [5.41, 5.74) is 0. The summed E-state index contributed by atoms with van der Waals surface area (Å²) in [7, 11) is -12.3. The molecule has 0 radical (unpaired) electrons. The fraction of sp³-hybridized carbons (Fsp3) is 0.286. The number of hydrogen-bond acceptors (Lipinski definition) is 12. The third-order valence-corrected chi connectivity index (χ3v) is 12.0. The standard InChI is InChI=1S/C14H16N2O14S4/c17-7-1-2-8(18)15(7)13(5-11(21)22,33(25,26)27)31-32-14(6-12(23)24,34(28,29)30)16-9(19)3-4-10(16)20/h1-4,17-20H,5-6H2,(H,21,22)(H,23,24)(H,25,26,27)(H,28,29,30). The first kappa shape index (κ1) is 27.5. The summed E-state index contributed by atoms with van der Waals surface area (Å²) >= 11 is 0. The van der Waals surface area contributed by atoms with E-state index >= 15 is 0 Å². The Labute approximate surface area is 198 Å². The second-order valence-electron chi connectivity index (χ2n) is 6.45. The fourth-order valence-corrected chi connectivity index (χ4v) is 9.86. The van der Waals surface area contributed by atoms with Crippen molar-refractivity contribution in [1.82, 2.24) is 9.13 Å². The van der Waals surface area contributed by atoms with Gasteiger partial charge in [0.05, 0.1) is 12.8 Å². The zero-order valence-electron chi connectivity index (χ0n) is 16.3. The Morgan fingerprint density at radius 2 is 0.912 bits per heavy atom. The molecule has 0 amide bonds. The quantitative estimate of drug-likeness (QED) is 0.133. The molecular formula is C14H16N2O14S4. The van der Waals surface area contributed by atoms with Crippen molar-refractivity contribution in [3.05, 3.63) is 24.3 Å². The maximum Gasteiger partial charge on any atom is 0.307 e. The maximum absolute atomic E-state index is 12.4. The molecule has 2 rings (SSSR count). The average Bonchev–Trinajstić information content (AvgIpc) is 3.16. The van der Waals surface area contributed by atoms with E-state index in [2.05, 4.69) is 0 Å². The van der Waals surface area contributed by atoms with Gasteiger partial charge in [-0.25, -0.2) is 0 Å². The van der Waals surface area contributed by atoms with Gasteiger partial charge < -0.3 is 30.6 Å². The summed E-state index contributed by atoms with van der Waals surface area (Å²) < 4.78 is 62.6. The summed E-state index contributed by atoms with van der Waals surface area (Å²) in [6.07, 6.45) is -3.31. The number of aromatic nitrogens is 2. The maximum atomic E-state index is 12.4. The third kappa shape index (κ3) is 4.72. The fourth-order valence-electron chi connectivity index (χ4n) is 2.83. The molecule has 0 spiro atoms. The van der Waals surface area contributed by atoms with Gasteiger partial charge in [0.15, 0.2) is 23.5 Å². The molecule has 0 aliphatic carbocycles. The second kappa shape index (κ2) is 9.11. The van der Waals surface area contributed by atoms with Crippen LogP contribution in [0.3, 0.4) is 0 Å². The van der Waals surface area contributed by atoms with Gasteiger partial charge in [0.25, 0.3) is 0 Å². The molecule has 0 saturated carbocycles. The van der Waals surface area contributed by atoms with Crippen LogP contribution in [0, 0.1) is 0 Å². The number of hydrogen-bond donors (Lipinski definition) is 8. The summed E-state index contributed by atoms with van der Waals surface area (Å²) in [6, 6.07) is 2.77. The Balaban J connectivity index is 2.89. The van der Waals surface area contributed by atoms with Crippen molar-refractivity contribution in [3.8, 4) is 23.5 Å². The molecule has 0 aromatic carbocycles. The number of carbonyl (C=O) groups is 2. The van der Waals surface area contributed by atoms with Crippen LogP contribution >= 0.6 is 21.6 Å². The van der Waals surface area contributed by atoms with E-state index in [0.717, 1.165) is 0 Å². The number of carboxylic acids is 2. The molecule has 34 heavy (non-hydrogen) atoms. The van der Waals surface area contributed by atoms with Gasteiger partial charge in [0.1, 0.15) is 0 Å². The van der Waals surface area contributed by atoms with E-state index in [1.807, 2.05) is 0 Å². The van der Waals surface area contributed by atoms with Crippen LogP contribution in [-0.2, 0) is 38.2 Å². The van der Waals surface area contributed by atoms with Crippen molar-refractivity contribution in [1.29, 1.82) is 0 Å². The SMILES string of the molecule is O=C(O)CC(SSC(CC(=O)O)(n1c(O)ccc1O)S(=O)(=O)O)(n1c(O)ccc1O)S(=O)(=O)O. The van der Waals surface area contributed by atoms with Crippen LogP contribution < -0.4 is 0 Å². The molecule has 0 bridgehead atoms. The molecule has 0 saturated heterocycles. The Kier molecular flexibility index (Phi) is 7.36. The van der Waals surface area contributed by atoms with E-state index in [1.165, 1.54) is 0 Å². The lowest BCUT2D eigenvalue weighted by Gasteiger charge is -2.35. The van der Waals surface area contributed by atoms with Gasteiger partial charge in [-0.2, -0.15) is 16.8 Å². The number of aromatic hydroxyl groups is 4. The molecule has 2 heterocycles. The van der Waals surface area contributed by atoms with Crippen molar-refractivity contribution in [3.63, 3.8) is 0 Å². The lowest BCUT2D eigenvalue weighted by molar-refractivity contribution is -0.138. The highest BCUT2D eigenvalue weighted by atomic mass is 33.1. The van der Waals surface area contributed by atoms with Gasteiger partial charge in [0.2, 0.25) is 8.41 Å². The van der Waals surface area contributed by atoms with Crippen molar-refractivity contribution >= 4 is 53.8 Å². The van der Waals surface area contributed by atoms with E-state index in [-0.39, 0.29) is 9.13 Å². The van der Waals surface area contributed by atoms with Gasteiger partial charge in [-0.05, 0) is 21.6 Å². The van der Waals surface area contributed by atoms with Crippen LogP contribution in [0.1, 0.15) is 12.8 Å². The lowest BCUT2D eigenvalue weighted by atomic mass is 10.4. The minimum atomic E-state index is -5.73. The van der Waals surface area contributed by atoms with E-state index in [9.17, 15) is 66.2 Å². The highest BCUT2D eigenvalue weighted by Crippen LogP contribution is 2.59. The van der Waals surface area contributed by atoms with E-state index < -0.39 is 98.5 Å². The summed E-state index contributed by atoms with van der Waals surface area (Å²) in [6.45, 7) is 0. The summed E-state index contributed by atoms with van der Waals surface area (Å²) in [5.74, 6) is -8.39. The first-order valence-corrected chi connectivity index (χ1v) is 13.4. The van der Waals surface area contributed by atoms with Gasteiger partial charge in [-0.3, -0.25) is 27.8 Å². The van der Waals surface area contributed by atoms with Crippen LogP contribution in [0.15, 0.2) is 24.3 Å². The molecule has 2 aromatic heterocycles. The molecule has 0 fully saturated rings. The first-order chi connectivity index (χ1) is 15.4. The zero-order valence-corrected chi connectivity index (χ0v) is 19.5. The normalized spacial score (nSPS) is 15.9. The Bertz CT molecular complexity index is 1190. The Morgan fingerprint density at radius 1 is 0.676 bits per heavy atom. The number of carboxylic acid groups (broad SMARTS) is 2. The molecule has 190 valence electrons. The van der Waals surface area contributed by atoms with Crippen LogP contribution in [0.4, 0.5) is 0 Å². The molecular weight excluding hydrogens is 548 g/mol. The largest absolute Gasteiger partial charge is 0.494 e. The van der Waals surface area contributed by atoms with Gasteiger partial charge in [0, 0.05) is 24.3 Å². The predicted octanol–water partition coefficient (Wildman–Crippen LogP) is 0.139. The topological polar surface area (TPSA) is 274 Å². The van der Waals surface area contributed by atoms with Crippen LogP contribution in [0.25, 0.3) is 0 Å². The molecule has 0 aliphatic rings. The van der Waals surface area contributed by atoms with E-state index in [4.69, 9.17) is 0 Å². The van der Waals surface area contributed by atoms with Crippen molar-refractivity contribution in [2.24, 2.45) is 0 Å². The number of aliphatic carboxylic acids is 2. The van der Waals surface area contributed by atoms with Crippen LogP contribution in [0.5, 0.6) is 23.5 Å². The zero-order chi connectivity index (χ0) is 26.3. The van der Waals surface area contributed by atoms with E-state index in [1.54, 1.807) is 0 Å². The van der Waals surface area contributed by atoms with Gasteiger partial charge >= 0.3 is 32.2 Å². The minimum Gasteiger partial charge on any atom is -0.494 e. The molecule has 2 aromatic rings. The molecule has 16 nitrogen and oxygen atoms in total. The van der Waals surface area contributed by atoms with Crippen LogP contribution in [0.2, 0.25) is 0 Å². The summed E-state index contributed by atoms with van der Waals surface area (Å²) in [5, 5.41) is 58.6. The van der Waals surface area contributed by atoms with Crippen molar-refractivity contribution in [2.45, 2.75) is 21.2 Å². The average molecular weight is 565 g/mol. The molecule has 20 heteroatoms. The van der Waals surface area contributed by atoms with E-state index in [0.29, 0.717) is 24.3 Å². The highest BCUT2D eigenvalue weighted by molar-refractivity contribution is 8.79. The molecule has 0 aliphatic heterocycles. The number of rotatable bonds is 11. The van der Waals surface area contributed by atoms with Gasteiger partial charge in [-0.1, -0.05) is 0 Å². The van der Waals surface area contributed by atoms with Crippen molar-refractivity contribution < 1.29 is 66.2 Å². The first-order valence-electron chi connectivity index (χ1n) is 8.34. The van der Waals surface area contributed by atoms with Gasteiger partial charge in [-0.15, -0.1) is 0 Å². The van der Waals surface area contributed by atoms with Crippen molar-refractivity contribution in [2.75, 3.05) is 0 Å². The van der Waals surface area contributed by atoms with Crippen LogP contribution in [-0.4, -0.2) is 77.7 Å².